The van der Waals surface area contributed by atoms with E-state index >= 15 is 0 Å². The molecule has 0 unspecified atom stereocenters. The van der Waals surface area contributed by atoms with Crippen molar-refractivity contribution in [3.05, 3.63) is 69.7 Å². The first kappa shape index (κ1) is 15.9. The Kier molecular flexibility index (Phi) is 4.72. The van der Waals surface area contributed by atoms with E-state index in [4.69, 9.17) is 4.74 Å². The lowest BCUT2D eigenvalue weighted by atomic mass is 9.94. The molecule has 3 heteroatoms. The van der Waals surface area contributed by atoms with Gasteiger partial charge in [0.2, 0.25) is 0 Å². The number of hydrogen-bond acceptors (Lipinski definition) is 2. The van der Waals surface area contributed by atoms with Crippen LogP contribution in [0, 0.1) is 0 Å². The number of halogens is 1. The SMILES string of the molecule is BrC1=C(c2ccc(O[C@H]3CCNC3)cc2)c2ccccc2CCC1. The van der Waals surface area contributed by atoms with E-state index in [9.17, 15) is 0 Å². The number of nitrogens with one attached hydrogen (secondary N) is 1. The van der Waals surface area contributed by atoms with Crippen LogP contribution in [-0.2, 0) is 6.42 Å². The van der Waals surface area contributed by atoms with Gasteiger partial charge < -0.3 is 10.1 Å². The Labute approximate surface area is 152 Å². The molecule has 2 aliphatic rings. The van der Waals surface area contributed by atoms with Crippen LogP contribution in [0.5, 0.6) is 5.75 Å². The van der Waals surface area contributed by atoms with Crippen molar-refractivity contribution in [1.29, 1.82) is 0 Å². The third kappa shape index (κ3) is 3.28. The monoisotopic (exact) mass is 383 g/mol. The zero-order valence-electron chi connectivity index (χ0n) is 13.7. The molecule has 0 spiro atoms. The molecule has 1 fully saturated rings. The minimum absolute atomic E-state index is 0.306. The van der Waals surface area contributed by atoms with Crippen molar-refractivity contribution in [2.45, 2.75) is 31.8 Å². The Balaban J connectivity index is 1.64. The van der Waals surface area contributed by atoms with Crippen molar-refractivity contribution < 1.29 is 4.74 Å². The minimum Gasteiger partial charge on any atom is -0.489 e. The third-order valence-corrected chi connectivity index (χ3v) is 5.65. The Morgan fingerprint density at radius 3 is 2.62 bits per heavy atom. The molecule has 1 saturated heterocycles. The number of benzene rings is 2. The van der Waals surface area contributed by atoms with Gasteiger partial charge in [-0.25, -0.2) is 0 Å². The molecule has 0 amide bonds. The maximum atomic E-state index is 6.05. The highest BCUT2D eigenvalue weighted by Gasteiger charge is 2.18. The van der Waals surface area contributed by atoms with E-state index in [-0.39, 0.29) is 0 Å². The number of rotatable bonds is 3. The fourth-order valence-electron chi connectivity index (χ4n) is 3.62. The molecular weight excluding hydrogens is 362 g/mol. The summed E-state index contributed by atoms with van der Waals surface area (Å²) in [5.41, 5.74) is 5.39. The van der Waals surface area contributed by atoms with E-state index in [1.54, 1.807) is 0 Å². The van der Waals surface area contributed by atoms with Gasteiger partial charge in [0.25, 0.3) is 0 Å². The number of aryl methyl sites for hydroxylation is 1. The van der Waals surface area contributed by atoms with E-state index in [1.165, 1.54) is 33.2 Å². The molecule has 0 radical (unpaired) electrons. The van der Waals surface area contributed by atoms with Crippen molar-refractivity contribution in [3.63, 3.8) is 0 Å². The lowest BCUT2D eigenvalue weighted by molar-refractivity contribution is 0.223. The number of hydrogen-bond donors (Lipinski definition) is 1. The van der Waals surface area contributed by atoms with Gasteiger partial charge in [-0.3, -0.25) is 0 Å². The summed E-state index contributed by atoms with van der Waals surface area (Å²) in [7, 11) is 0. The molecule has 124 valence electrons. The van der Waals surface area contributed by atoms with Gasteiger partial charge in [-0.15, -0.1) is 0 Å². The van der Waals surface area contributed by atoms with Crippen LogP contribution < -0.4 is 10.1 Å². The Bertz CT molecular complexity index is 745. The predicted octanol–water partition coefficient (Wildman–Crippen LogP) is 4.92. The van der Waals surface area contributed by atoms with Gasteiger partial charge in [0.1, 0.15) is 11.9 Å². The lowest BCUT2D eigenvalue weighted by Gasteiger charge is -2.15. The highest BCUT2D eigenvalue weighted by Crippen LogP contribution is 2.38. The molecule has 4 rings (SSSR count). The average Bonchev–Trinajstić information content (AvgIpc) is 3.05. The number of ether oxygens (including phenoxy) is 1. The highest BCUT2D eigenvalue weighted by atomic mass is 79.9. The van der Waals surface area contributed by atoms with Crippen LogP contribution in [0.3, 0.4) is 0 Å². The van der Waals surface area contributed by atoms with Gasteiger partial charge in [-0.2, -0.15) is 0 Å². The predicted molar refractivity (Wildman–Crippen MR) is 103 cm³/mol. The summed E-state index contributed by atoms with van der Waals surface area (Å²) in [6.07, 6.45) is 4.82. The van der Waals surface area contributed by atoms with Gasteiger partial charge in [-0.1, -0.05) is 52.3 Å². The highest BCUT2D eigenvalue weighted by molar-refractivity contribution is 9.11. The molecule has 1 heterocycles. The van der Waals surface area contributed by atoms with E-state index < -0.39 is 0 Å². The molecule has 24 heavy (non-hydrogen) atoms. The van der Waals surface area contributed by atoms with Crippen LogP contribution in [0.1, 0.15) is 36.0 Å². The summed E-state index contributed by atoms with van der Waals surface area (Å²) in [6, 6.07) is 17.4. The zero-order chi connectivity index (χ0) is 16.4. The second-order valence-electron chi connectivity index (χ2n) is 6.55. The molecule has 1 aliphatic carbocycles. The largest absolute Gasteiger partial charge is 0.489 e. The molecule has 2 aromatic carbocycles. The van der Waals surface area contributed by atoms with Gasteiger partial charge in [-0.05, 0) is 66.6 Å². The standard InChI is InChI=1S/C21H22BrNO/c22-20-7-3-5-15-4-1-2-6-19(15)21(20)16-8-10-17(11-9-16)24-18-12-13-23-14-18/h1-2,4,6,8-11,18,23H,3,5,7,12-14H2/t18-/m0/s1. The molecular formula is C21H22BrNO. The fourth-order valence-corrected chi connectivity index (χ4v) is 4.34. The van der Waals surface area contributed by atoms with Crippen molar-refractivity contribution in [2.24, 2.45) is 0 Å². The summed E-state index contributed by atoms with van der Waals surface area (Å²) in [4.78, 5) is 0. The normalized spacial score (nSPS) is 20.6. The summed E-state index contributed by atoms with van der Waals surface area (Å²) in [6.45, 7) is 2.01. The number of allylic oxidation sites excluding steroid dienone is 1. The topological polar surface area (TPSA) is 21.3 Å². The number of fused-ring (bicyclic) bond motifs is 1. The zero-order valence-corrected chi connectivity index (χ0v) is 15.3. The summed E-state index contributed by atoms with van der Waals surface area (Å²) in [5.74, 6) is 0.964. The van der Waals surface area contributed by atoms with E-state index in [0.717, 1.165) is 38.1 Å². The van der Waals surface area contributed by atoms with Crippen molar-refractivity contribution in [2.75, 3.05) is 13.1 Å². The Morgan fingerprint density at radius 1 is 1.00 bits per heavy atom. The van der Waals surface area contributed by atoms with Crippen LogP contribution in [0.2, 0.25) is 0 Å². The van der Waals surface area contributed by atoms with Crippen molar-refractivity contribution in [1.82, 2.24) is 5.32 Å². The molecule has 1 aliphatic heterocycles. The van der Waals surface area contributed by atoms with Crippen LogP contribution in [0.25, 0.3) is 5.57 Å². The first-order valence-electron chi connectivity index (χ1n) is 8.76. The first-order chi connectivity index (χ1) is 11.8. The fraction of sp³-hybridized carbons (Fsp3) is 0.333. The third-order valence-electron chi connectivity index (χ3n) is 4.86. The molecule has 0 aromatic heterocycles. The molecule has 2 nitrogen and oxygen atoms in total. The maximum absolute atomic E-state index is 6.05. The Morgan fingerprint density at radius 2 is 1.83 bits per heavy atom. The molecule has 1 atom stereocenters. The molecule has 0 bridgehead atoms. The second-order valence-corrected chi connectivity index (χ2v) is 7.50. The van der Waals surface area contributed by atoms with Crippen molar-refractivity contribution >= 4 is 21.5 Å². The minimum atomic E-state index is 0.306. The van der Waals surface area contributed by atoms with Crippen molar-refractivity contribution in [3.8, 4) is 5.75 Å². The summed E-state index contributed by atoms with van der Waals surface area (Å²) >= 11 is 3.84. The summed E-state index contributed by atoms with van der Waals surface area (Å²) < 4.78 is 7.35. The maximum Gasteiger partial charge on any atom is 0.119 e. The van der Waals surface area contributed by atoms with Gasteiger partial charge in [0.15, 0.2) is 0 Å². The van der Waals surface area contributed by atoms with Crippen LogP contribution >= 0.6 is 15.9 Å². The summed E-state index contributed by atoms with van der Waals surface area (Å²) in [5, 5.41) is 3.34. The smallest absolute Gasteiger partial charge is 0.119 e. The molecule has 2 aromatic rings. The molecule has 0 saturated carbocycles. The average molecular weight is 384 g/mol. The van der Waals surface area contributed by atoms with E-state index in [2.05, 4.69) is 69.8 Å². The van der Waals surface area contributed by atoms with Gasteiger partial charge in [0, 0.05) is 11.0 Å². The second kappa shape index (κ2) is 7.12. The van der Waals surface area contributed by atoms with E-state index in [1.807, 2.05) is 0 Å². The lowest BCUT2D eigenvalue weighted by Crippen LogP contribution is -2.19. The van der Waals surface area contributed by atoms with Gasteiger partial charge >= 0.3 is 0 Å². The molecule has 1 N–H and O–H groups in total. The van der Waals surface area contributed by atoms with Crippen LogP contribution in [0.4, 0.5) is 0 Å². The van der Waals surface area contributed by atoms with Crippen LogP contribution in [0.15, 0.2) is 53.0 Å². The van der Waals surface area contributed by atoms with Crippen LogP contribution in [-0.4, -0.2) is 19.2 Å². The van der Waals surface area contributed by atoms with Gasteiger partial charge in [0.05, 0.1) is 0 Å². The quantitative estimate of drug-likeness (QED) is 0.811. The van der Waals surface area contributed by atoms with E-state index in [0.29, 0.717) is 6.10 Å². The Hall–Kier alpha value is -1.58. The first-order valence-corrected chi connectivity index (χ1v) is 9.55.